The second-order valence-corrected chi connectivity index (χ2v) is 11.4. The van der Waals surface area contributed by atoms with E-state index in [-0.39, 0.29) is 12.5 Å². The summed E-state index contributed by atoms with van der Waals surface area (Å²) in [6.07, 6.45) is 12.2. The van der Waals surface area contributed by atoms with Gasteiger partial charge in [0.15, 0.2) is 0 Å². The molecule has 0 radical (unpaired) electrons. The summed E-state index contributed by atoms with van der Waals surface area (Å²) in [5, 5.41) is 11.0. The SMILES string of the molecule is C[C@H](CCC(=O)[O-])[C@H]1CC[C@@H]2[C@@H]3CC[C@@H]4C[C@H](OC=O)CC[C@]4(C)[C@@H]3CC[C@@]21C. The van der Waals surface area contributed by atoms with Crippen molar-refractivity contribution in [2.24, 2.45) is 46.3 Å². The number of hydrogen-bond acceptors (Lipinski definition) is 4. The second-order valence-electron chi connectivity index (χ2n) is 11.4. The zero-order valence-corrected chi connectivity index (χ0v) is 18.5. The number of rotatable bonds is 6. The average Bonchev–Trinajstić information content (AvgIpc) is 3.04. The zero-order chi connectivity index (χ0) is 20.8. The van der Waals surface area contributed by atoms with Gasteiger partial charge in [-0.25, -0.2) is 0 Å². The van der Waals surface area contributed by atoms with Crippen LogP contribution in [-0.2, 0) is 14.3 Å². The molecule has 0 aliphatic heterocycles. The van der Waals surface area contributed by atoms with Gasteiger partial charge in [-0.3, -0.25) is 4.79 Å². The minimum absolute atomic E-state index is 0.136. The van der Waals surface area contributed by atoms with Crippen molar-refractivity contribution >= 4 is 12.4 Å². The summed E-state index contributed by atoms with van der Waals surface area (Å²) in [6, 6.07) is 0. The summed E-state index contributed by atoms with van der Waals surface area (Å²) in [5.41, 5.74) is 0.791. The number of carboxylic acid groups (broad SMARTS) is 1. The van der Waals surface area contributed by atoms with E-state index in [1.54, 1.807) is 0 Å². The van der Waals surface area contributed by atoms with Crippen LogP contribution in [0, 0.1) is 46.3 Å². The molecule has 4 rings (SSSR count). The van der Waals surface area contributed by atoms with Gasteiger partial charge in [-0.05, 0) is 117 Å². The molecule has 0 aromatic heterocycles. The number of fused-ring (bicyclic) bond motifs is 5. The Bertz CT molecular complexity index is 632. The van der Waals surface area contributed by atoms with E-state index in [1.165, 1.54) is 44.9 Å². The molecule has 4 nitrogen and oxygen atoms in total. The summed E-state index contributed by atoms with van der Waals surface area (Å²) in [5.74, 6) is 3.38. The highest BCUT2D eigenvalue weighted by atomic mass is 16.5. The molecule has 0 saturated heterocycles. The quantitative estimate of drug-likeness (QED) is 0.618. The van der Waals surface area contributed by atoms with Crippen LogP contribution >= 0.6 is 0 Å². The maximum atomic E-state index is 11.0. The third-order valence-corrected chi connectivity index (χ3v) is 10.4. The van der Waals surface area contributed by atoms with Gasteiger partial charge in [0.25, 0.3) is 6.47 Å². The Labute approximate surface area is 176 Å². The normalized spacial score (nSPS) is 47.4. The number of carboxylic acids is 1. The Hall–Kier alpha value is -1.06. The van der Waals surface area contributed by atoms with Crippen LogP contribution in [0.2, 0.25) is 0 Å². The van der Waals surface area contributed by atoms with E-state index < -0.39 is 5.97 Å². The fourth-order valence-electron chi connectivity index (χ4n) is 8.94. The number of aliphatic carboxylic acids is 1. The first kappa shape index (κ1) is 21.2. The first-order valence-electron chi connectivity index (χ1n) is 12.1. The Kier molecular flexibility index (Phi) is 5.76. The van der Waals surface area contributed by atoms with E-state index >= 15 is 0 Å². The molecular formula is C25H39O4-. The molecule has 9 atom stereocenters. The Morgan fingerprint density at radius 2 is 1.79 bits per heavy atom. The van der Waals surface area contributed by atoms with Crippen LogP contribution in [0.5, 0.6) is 0 Å². The standard InChI is InChI=1S/C25H40O4/c1-16(4-9-23(27)28)20-7-8-21-19-6-5-17-14-18(29-15-26)10-12-24(17,2)22(19)11-13-25(20,21)3/h15-22H,4-14H2,1-3H3,(H,27,28)/p-1/t16-,17-,18-,19+,20-,21-,22-,24+,25-/m1/s1. The third-order valence-electron chi connectivity index (χ3n) is 10.4. The van der Waals surface area contributed by atoms with Crippen molar-refractivity contribution in [1.82, 2.24) is 0 Å². The van der Waals surface area contributed by atoms with Crippen molar-refractivity contribution in [3.8, 4) is 0 Å². The van der Waals surface area contributed by atoms with Gasteiger partial charge in [0, 0.05) is 5.97 Å². The van der Waals surface area contributed by atoms with Crippen LogP contribution in [0.4, 0.5) is 0 Å². The summed E-state index contributed by atoms with van der Waals surface area (Å²) in [4.78, 5) is 21.8. The molecule has 29 heavy (non-hydrogen) atoms. The van der Waals surface area contributed by atoms with Crippen molar-refractivity contribution in [3.63, 3.8) is 0 Å². The number of hydrogen-bond donors (Lipinski definition) is 0. The van der Waals surface area contributed by atoms with E-state index in [4.69, 9.17) is 4.74 Å². The predicted octanol–water partition coefficient (Wildman–Crippen LogP) is 4.35. The van der Waals surface area contributed by atoms with Gasteiger partial charge in [0.1, 0.15) is 6.10 Å². The number of carbonyl (C=O) groups is 2. The van der Waals surface area contributed by atoms with E-state index in [0.29, 0.717) is 35.1 Å². The maximum Gasteiger partial charge on any atom is 0.293 e. The van der Waals surface area contributed by atoms with Crippen molar-refractivity contribution in [2.45, 2.75) is 97.5 Å². The molecule has 4 fully saturated rings. The Balaban J connectivity index is 1.48. The molecule has 164 valence electrons. The van der Waals surface area contributed by atoms with Crippen LogP contribution in [0.15, 0.2) is 0 Å². The first-order valence-corrected chi connectivity index (χ1v) is 12.1. The maximum absolute atomic E-state index is 11.0. The zero-order valence-electron chi connectivity index (χ0n) is 18.5. The Morgan fingerprint density at radius 1 is 1.07 bits per heavy atom. The molecule has 0 aromatic carbocycles. The van der Waals surface area contributed by atoms with E-state index in [9.17, 15) is 14.7 Å². The lowest BCUT2D eigenvalue weighted by atomic mass is 9.44. The molecule has 0 spiro atoms. The van der Waals surface area contributed by atoms with Crippen LogP contribution in [-0.4, -0.2) is 18.5 Å². The van der Waals surface area contributed by atoms with Crippen molar-refractivity contribution in [2.75, 3.05) is 0 Å². The first-order chi connectivity index (χ1) is 13.8. The topological polar surface area (TPSA) is 66.4 Å². The number of ether oxygens (including phenoxy) is 1. The van der Waals surface area contributed by atoms with Gasteiger partial charge in [-0.1, -0.05) is 20.8 Å². The van der Waals surface area contributed by atoms with E-state index in [0.717, 1.165) is 37.0 Å². The van der Waals surface area contributed by atoms with Gasteiger partial charge in [-0.2, -0.15) is 0 Å². The van der Waals surface area contributed by atoms with Crippen molar-refractivity contribution in [1.29, 1.82) is 0 Å². The number of carbonyl (C=O) groups excluding carboxylic acids is 2. The molecule has 0 aromatic rings. The second kappa shape index (κ2) is 7.89. The lowest BCUT2D eigenvalue weighted by molar-refractivity contribution is -0.306. The molecule has 0 N–H and O–H groups in total. The highest BCUT2D eigenvalue weighted by Crippen LogP contribution is 2.68. The smallest absolute Gasteiger partial charge is 0.293 e. The van der Waals surface area contributed by atoms with Gasteiger partial charge in [0.2, 0.25) is 0 Å². The lowest BCUT2D eigenvalue weighted by Gasteiger charge is -2.61. The summed E-state index contributed by atoms with van der Waals surface area (Å²) >= 11 is 0. The van der Waals surface area contributed by atoms with Gasteiger partial charge < -0.3 is 14.6 Å². The lowest BCUT2D eigenvalue weighted by Crippen LogP contribution is -2.54. The molecule has 0 unspecified atom stereocenters. The van der Waals surface area contributed by atoms with Gasteiger partial charge in [0.05, 0.1) is 0 Å². The largest absolute Gasteiger partial charge is 0.550 e. The van der Waals surface area contributed by atoms with Crippen LogP contribution in [0.25, 0.3) is 0 Å². The van der Waals surface area contributed by atoms with Crippen LogP contribution in [0.1, 0.15) is 91.4 Å². The monoisotopic (exact) mass is 403 g/mol. The van der Waals surface area contributed by atoms with Crippen molar-refractivity contribution < 1.29 is 19.4 Å². The minimum atomic E-state index is -0.902. The summed E-state index contributed by atoms with van der Waals surface area (Å²) < 4.78 is 5.35. The van der Waals surface area contributed by atoms with E-state index in [2.05, 4.69) is 20.8 Å². The molecule has 0 bridgehead atoms. The summed E-state index contributed by atoms with van der Waals surface area (Å²) in [7, 11) is 0. The fraction of sp³-hybridized carbons (Fsp3) is 0.920. The molecular weight excluding hydrogens is 364 g/mol. The highest BCUT2D eigenvalue weighted by molar-refractivity contribution is 5.64. The van der Waals surface area contributed by atoms with Crippen LogP contribution in [0.3, 0.4) is 0 Å². The average molecular weight is 404 g/mol. The molecule has 4 aliphatic carbocycles. The fourth-order valence-corrected chi connectivity index (χ4v) is 8.94. The molecule has 0 heterocycles. The molecule has 4 saturated carbocycles. The van der Waals surface area contributed by atoms with Crippen LogP contribution < -0.4 is 5.11 Å². The van der Waals surface area contributed by atoms with E-state index in [1.807, 2.05) is 0 Å². The summed E-state index contributed by atoms with van der Waals surface area (Å²) in [6.45, 7) is 8.00. The van der Waals surface area contributed by atoms with Gasteiger partial charge >= 0.3 is 0 Å². The third kappa shape index (κ3) is 3.53. The molecule has 0 amide bonds. The minimum Gasteiger partial charge on any atom is -0.550 e. The molecule has 4 heteroatoms. The molecule has 4 aliphatic rings. The highest BCUT2D eigenvalue weighted by Gasteiger charge is 2.60. The Morgan fingerprint density at radius 3 is 2.52 bits per heavy atom. The van der Waals surface area contributed by atoms with Crippen molar-refractivity contribution in [3.05, 3.63) is 0 Å². The predicted molar refractivity (Wildman–Crippen MR) is 110 cm³/mol. The van der Waals surface area contributed by atoms with Gasteiger partial charge in [-0.15, -0.1) is 0 Å².